The maximum atomic E-state index is 4.68. The highest BCUT2D eigenvalue weighted by Crippen LogP contribution is 2.24. The van der Waals surface area contributed by atoms with E-state index in [1.807, 2.05) is 6.07 Å². The minimum Gasteiger partial charge on any atom is -0.248 e. The summed E-state index contributed by atoms with van der Waals surface area (Å²) in [6, 6.07) is 14.7. The first-order valence-corrected chi connectivity index (χ1v) is 5.51. The number of fused-ring (bicyclic) bond motifs is 2. The van der Waals surface area contributed by atoms with E-state index < -0.39 is 0 Å². The number of nitrogens with zero attached hydrogens (tertiary/aromatic N) is 1. The summed E-state index contributed by atoms with van der Waals surface area (Å²) in [5.74, 6) is 0. The monoisotopic (exact) mass is 243 g/mol. The maximum Gasteiger partial charge on any atom is 0.0712 e. The van der Waals surface area contributed by atoms with Gasteiger partial charge in [-0.3, -0.25) is 0 Å². The molecule has 0 unspecified atom stereocenters. The Morgan fingerprint density at radius 1 is 0.882 bits per heavy atom. The van der Waals surface area contributed by atoms with Crippen LogP contribution in [0.1, 0.15) is 11.1 Å². The minimum atomic E-state index is 0. The predicted molar refractivity (Wildman–Crippen MR) is 76.0 cm³/mol. The highest BCUT2D eigenvalue weighted by Gasteiger charge is 2.03. The number of hydrogen-bond acceptors (Lipinski definition) is 1. The van der Waals surface area contributed by atoms with Crippen molar-refractivity contribution >= 4 is 34.2 Å². The van der Waals surface area contributed by atoms with E-state index in [-0.39, 0.29) is 12.4 Å². The van der Waals surface area contributed by atoms with Crippen molar-refractivity contribution in [3.63, 3.8) is 0 Å². The fraction of sp³-hybridized carbons (Fsp3) is 0.133. The Morgan fingerprint density at radius 2 is 1.65 bits per heavy atom. The molecular formula is C15H14ClN. The Hall–Kier alpha value is -1.60. The van der Waals surface area contributed by atoms with E-state index in [0.717, 1.165) is 11.0 Å². The quantitative estimate of drug-likeness (QED) is 0.533. The molecule has 86 valence electrons. The van der Waals surface area contributed by atoms with Crippen LogP contribution in [-0.2, 0) is 0 Å². The molecule has 0 amide bonds. The molecule has 0 saturated heterocycles. The fourth-order valence-corrected chi connectivity index (χ4v) is 2.10. The number of benzene rings is 2. The Labute approximate surface area is 107 Å². The SMILES string of the molecule is Cc1ccc2nc3ccccc3cc2c1C.Cl. The van der Waals surface area contributed by atoms with E-state index in [4.69, 9.17) is 0 Å². The van der Waals surface area contributed by atoms with E-state index in [1.165, 1.54) is 21.9 Å². The Balaban J connectivity index is 0.00000108. The van der Waals surface area contributed by atoms with E-state index in [1.54, 1.807) is 0 Å². The number of rotatable bonds is 0. The van der Waals surface area contributed by atoms with Crippen molar-refractivity contribution in [2.45, 2.75) is 13.8 Å². The number of hydrogen-bond donors (Lipinski definition) is 0. The van der Waals surface area contributed by atoms with Crippen molar-refractivity contribution in [2.75, 3.05) is 0 Å². The van der Waals surface area contributed by atoms with Gasteiger partial charge in [0.2, 0.25) is 0 Å². The molecule has 0 spiro atoms. The number of pyridine rings is 1. The van der Waals surface area contributed by atoms with Crippen molar-refractivity contribution in [1.29, 1.82) is 0 Å². The van der Waals surface area contributed by atoms with Crippen molar-refractivity contribution in [3.05, 3.63) is 53.6 Å². The fourth-order valence-electron chi connectivity index (χ4n) is 2.10. The number of para-hydroxylation sites is 1. The summed E-state index contributed by atoms with van der Waals surface area (Å²) in [7, 11) is 0. The summed E-state index contributed by atoms with van der Waals surface area (Å²) < 4.78 is 0. The molecule has 17 heavy (non-hydrogen) atoms. The predicted octanol–water partition coefficient (Wildman–Crippen LogP) is 4.43. The van der Waals surface area contributed by atoms with Gasteiger partial charge >= 0.3 is 0 Å². The van der Waals surface area contributed by atoms with Crippen LogP contribution in [0.25, 0.3) is 21.8 Å². The average Bonchev–Trinajstić information content (AvgIpc) is 2.32. The van der Waals surface area contributed by atoms with Gasteiger partial charge in [0.05, 0.1) is 11.0 Å². The summed E-state index contributed by atoms with van der Waals surface area (Å²) in [5.41, 5.74) is 4.81. The van der Waals surface area contributed by atoms with Gasteiger partial charge in [-0.25, -0.2) is 4.98 Å². The number of aryl methyl sites for hydroxylation is 2. The lowest BCUT2D eigenvalue weighted by Gasteiger charge is -2.06. The molecule has 0 aliphatic heterocycles. The molecule has 0 atom stereocenters. The molecule has 0 fully saturated rings. The first-order valence-electron chi connectivity index (χ1n) is 5.51. The van der Waals surface area contributed by atoms with Gasteiger partial charge in [-0.15, -0.1) is 12.4 Å². The van der Waals surface area contributed by atoms with Gasteiger partial charge in [0.15, 0.2) is 0 Å². The highest BCUT2D eigenvalue weighted by atomic mass is 35.5. The van der Waals surface area contributed by atoms with Gasteiger partial charge in [0.1, 0.15) is 0 Å². The standard InChI is InChI=1S/C15H13N.ClH/c1-10-7-8-15-13(11(10)2)9-12-5-3-4-6-14(12)16-15;/h3-9H,1-2H3;1H. The Bertz CT molecular complexity index is 689. The van der Waals surface area contributed by atoms with E-state index >= 15 is 0 Å². The Morgan fingerprint density at radius 3 is 2.47 bits per heavy atom. The van der Waals surface area contributed by atoms with Crippen LogP contribution in [0.5, 0.6) is 0 Å². The molecule has 0 N–H and O–H groups in total. The van der Waals surface area contributed by atoms with Gasteiger partial charge in [-0.2, -0.15) is 0 Å². The molecule has 1 aromatic heterocycles. The van der Waals surface area contributed by atoms with Crippen molar-refractivity contribution in [1.82, 2.24) is 4.98 Å². The van der Waals surface area contributed by atoms with Crippen LogP contribution >= 0.6 is 12.4 Å². The third-order valence-electron chi connectivity index (χ3n) is 3.24. The van der Waals surface area contributed by atoms with Crippen LogP contribution in [0, 0.1) is 13.8 Å². The Kier molecular flexibility index (Phi) is 3.03. The van der Waals surface area contributed by atoms with Gasteiger partial charge < -0.3 is 0 Å². The first-order chi connectivity index (χ1) is 7.75. The lowest BCUT2D eigenvalue weighted by molar-refractivity contribution is 1.36. The molecule has 1 heterocycles. The lowest BCUT2D eigenvalue weighted by atomic mass is 10.0. The van der Waals surface area contributed by atoms with Crippen LogP contribution in [-0.4, -0.2) is 4.98 Å². The van der Waals surface area contributed by atoms with E-state index in [2.05, 4.69) is 55.2 Å². The van der Waals surface area contributed by atoms with Crippen LogP contribution in [0.3, 0.4) is 0 Å². The van der Waals surface area contributed by atoms with E-state index in [0.29, 0.717) is 0 Å². The summed E-state index contributed by atoms with van der Waals surface area (Å²) in [6.07, 6.45) is 0. The minimum absolute atomic E-state index is 0. The molecule has 2 aromatic carbocycles. The van der Waals surface area contributed by atoms with Gasteiger partial charge in [0, 0.05) is 10.8 Å². The molecular weight excluding hydrogens is 230 g/mol. The molecule has 1 nitrogen and oxygen atoms in total. The van der Waals surface area contributed by atoms with Gasteiger partial charge in [0.25, 0.3) is 0 Å². The second-order valence-electron chi connectivity index (χ2n) is 4.26. The summed E-state index contributed by atoms with van der Waals surface area (Å²) in [4.78, 5) is 4.68. The van der Waals surface area contributed by atoms with Crippen LogP contribution in [0.2, 0.25) is 0 Å². The molecule has 3 aromatic rings. The topological polar surface area (TPSA) is 12.9 Å². The van der Waals surface area contributed by atoms with Gasteiger partial charge in [-0.05, 0) is 43.2 Å². The summed E-state index contributed by atoms with van der Waals surface area (Å²) in [5, 5.41) is 2.47. The first kappa shape index (κ1) is 11.9. The molecule has 3 rings (SSSR count). The molecule has 0 aliphatic rings. The third kappa shape index (κ3) is 1.87. The zero-order valence-electron chi connectivity index (χ0n) is 9.90. The van der Waals surface area contributed by atoms with Crippen LogP contribution in [0.15, 0.2) is 42.5 Å². The second kappa shape index (κ2) is 4.34. The molecule has 0 aliphatic carbocycles. The maximum absolute atomic E-state index is 4.68. The molecule has 2 heteroatoms. The highest BCUT2D eigenvalue weighted by molar-refractivity contribution is 5.94. The average molecular weight is 244 g/mol. The van der Waals surface area contributed by atoms with Crippen molar-refractivity contribution in [3.8, 4) is 0 Å². The molecule has 0 bridgehead atoms. The largest absolute Gasteiger partial charge is 0.248 e. The second-order valence-corrected chi connectivity index (χ2v) is 4.26. The van der Waals surface area contributed by atoms with Crippen LogP contribution < -0.4 is 0 Å². The van der Waals surface area contributed by atoms with Gasteiger partial charge in [-0.1, -0.05) is 24.3 Å². The zero-order valence-corrected chi connectivity index (χ0v) is 10.7. The number of halogens is 1. The molecule has 0 saturated carbocycles. The third-order valence-corrected chi connectivity index (χ3v) is 3.24. The van der Waals surface area contributed by atoms with Crippen molar-refractivity contribution in [2.24, 2.45) is 0 Å². The normalized spacial score (nSPS) is 10.5. The van der Waals surface area contributed by atoms with Crippen LogP contribution in [0.4, 0.5) is 0 Å². The molecule has 0 radical (unpaired) electrons. The zero-order chi connectivity index (χ0) is 11.1. The van der Waals surface area contributed by atoms with E-state index in [9.17, 15) is 0 Å². The summed E-state index contributed by atoms with van der Waals surface area (Å²) >= 11 is 0. The smallest absolute Gasteiger partial charge is 0.0712 e. The number of aromatic nitrogens is 1. The summed E-state index contributed by atoms with van der Waals surface area (Å²) in [6.45, 7) is 4.30. The lowest BCUT2D eigenvalue weighted by Crippen LogP contribution is -1.87. The van der Waals surface area contributed by atoms with Crippen molar-refractivity contribution < 1.29 is 0 Å².